The molecule has 1 aliphatic rings. The second kappa shape index (κ2) is 8.65. The van der Waals surface area contributed by atoms with Crippen LogP contribution < -0.4 is 0 Å². The third kappa shape index (κ3) is 4.52. The molecule has 0 atom stereocenters. The van der Waals surface area contributed by atoms with Crippen molar-refractivity contribution in [3.63, 3.8) is 0 Å². The number of halogens is 2. The SMILES string of the molecule is Cc1c(C(=O)N2CCN(Cc3cccc(Cl)c3)CC2)nnn1-c1cccc(Br)c1. The van der Waals surface area contributed by atoms with Gasteiger partial charge in [0.25, 0.3) is 5.91 Å². The second-order valence-electron chi connectivity index (χ2n) is 7.11. The Bertz CT molecular complexity index is 1030. The van der Waals surface area contributed by atoms with E-state index in [2.05, 4.69) is 37.2 Å². The summed E-state index contributed by atoms with van der Waals surface area (Å²) in [7, 11) is 0. The smallest absolute Gasteiger partial charge is 0.276 e. The van der Waals surface area contributed by atoms with Gasteiger partial charge in [-0.1, -0.05) is 50.9 Å². The molecule has 1 aliphatic heterocycles. The fraction of sp³-hybridized carbons (Fsp3) is 0.286. The molecule has 1 amide bonds. The highest BCUT2D eigenvalue weighted by atomic mass is 79.9. The molecule has 0 aliphatic carbocycles. The van der Waals surface area contributed by atoms with Gasteiger partial charge in [-0.2, -0.15) is 0 Å². The Kier molecular flexibility index (Phi) is 5.99. The minimum absolute atomic E-state index is 0.0637. The lowest BCUT2D eigenvalue weighted by atomic mass is 10.2. The van der Waals surface area contributed by atoms with Crippen LogP contribution in [-0.2, 0) is 6.54 Å². The highest BCUT2D eigenvalue weighted by Crippen LogP contribution is 2.19. The lowest BCUT2D eigenvalue weighted by molar-refractivity contribution is 0.0622. The molecule has 1 saturated heterocycles. The zero-order chi connectivity index (χ0) is 20.4. The van der Waals surface area contributed by atoms with Gasteiger partial charge in [0.05, 0.1) is 11.4 Å². The van der Waals surface area contributed by atoms with E-state index in [-0.39, 0.29) is 5.91 Å². The van der Waals surface area contributed by atoms with Gasteiger partial charge < -0.3 is 4.90 Å². The summed E-state index contributed by atoms with van der Waals surface area (Å²) < 4.78 is 2.65. The van der Waals surface area contributed by atoms with Crippen LogP contribution in [0.15, 0.2) is 53.0 Å². The summed E-state index contributed by atoms with van der Waals surface area (Å²) >= 11 is 9.54. The van der Waals surface area contributed by atoms with E-state index in [1.807, 2.05) is 54.3 Å². The maximum Gasteiger partial charge on any atom is 0.276 e. The molecule has 0 radical (unpaired) electrons. The average Bonchev–Trinajstić information content (AvgIpc) is 3.09. The topological polar surface area (TPSA) is 54.3 Å². The number of hydrogen-bond acceptors (Lipinski definition) is 4. The number of piperazine rings is 1. The molecule has 0 bridgehead atoms. The summed E-state index contributed by atoms with van der Waals surface area (Å²) in [6.45, 7) is 5.68. The number of carbonyl (C=O) groups is 1. The van der Waals surface area contributed by atoms with Crippen LogP contribution in [0, 0.1) is 6.92 Å². The van der Waals surface area contributed by atoms with Gasteiger partial charge >= 0.3 is 0 Å². The molecule has 2 aromatic carbocycles. The summed E-state index contributed by atoms with van der Waals surface area (Å²) in [5, 5.41) is 9.12. The van der Waals surface area contributed by atoms with E-state index in [1.54, 1.807) is 4.68 Å². The fourth-order valence-electron chi connectivity index (χ4n) is 3.53. The quantitative estimate of drug-likeness (QED) is 0.574. The molecule has 150 valence electrons. The van der Waals surface area contributed by atoms with Crippen molar-refractivity contribution in [3.05, 3.63) is 75.0 Å². The first-order chi connectivity index (χ1) is 14.0. The lowest BCUT2D eigenvalue weighted by Crippen LogP contribution is -2.48. The number of hydrogen-bond donors (Lipinski definition) is 0. The highest BCUT2D eigenvalue weighted by Gasteiger charge is 2.26. The summed E-state index contributed by atoms with van der Waals surface area (Å²) in [5.74, 6) is -0.0637. The molecule has 1 fully saturated rings. The summed E-state index contributed by atoms with van der Waals surface area (Å²) in [5.41, 5.74) is 3.21. The fourth-order valence-corrected chi connectivity index (χ4v) is 4.13. The van der Waals surface area contributed by atoms with Crippen LogP contribution in [0.2, 0.25) is 5.02 Å². The van der Waals surface area contributed by atoms with Crippen molar-refractivity contribution in [2.75, 3.05) is 26.2 Å². The molecule has 3 aromatic rings. The first-order valence-electron chi connectivity index (χ1n) is 9.45. The number of aromatic nitrogens is 3. The lowest BCUT2D eigenvalue weighted by Gasteiger charge is -2.34. The Morgan fingerprint density at radius 3 is 2.59 bits per heavy atom. The number of nitrogens with zero attached hydrogens (tertiary/aromatic N) is 5. The van der Waals surface area contributed by atoms with E-state index < -0.39 is 0 Å². The molecule has 6 nitrogen and oxygen atoms in total. The Labute approximate surface area is 183 Å². The Balaban J connectivity index is 1.41. The van der Waals surface area contributed by atoms with Crippen LogP contribution in [0.5, 0.6) is 0 Å². The molecule has 4 rings (SSSR count). The van der Waals surface area contributed by atoms with Crippen molar-refractivity contribution in [2.24, 2.45) is 0 Å². The van der Waals surface area contributed by atoms with Gasteiger partial charge in [0.1, 0.15) is 0 Å². The van der Waals surface area contributed by atoms with Crippen LogP contribution in [0.4, 0.5) is 0 Å². The van der Waals surface area contributed by atoms with Crippen LogP contribution in [0.1, 0.15) is 21.7 Å². The van der Waals surface area contributed by atoms with Crippen molar-refractivity contribution in [1.82, 2.24) is 24.8 Å². The van der Waals surface area contributed by atoms with E-state index in [4.69, 9.17) is 11.6 Å². The third-order valence-corrected chi connectivity index (χ3v) is 5.83. The Hall–Kier alpha value is -2.22. The molecule has 0 saturated carbocycles. The molecule has 8 heteroatoms. The van der Waals surface area contributed by atoms with Crippen LogP contribution in [-0.4, -0.2) is 56.9 Å². The number of carbonyl (C=O) groups excluding carboxylic acids is 1. The van der Waals surface area contributed by atoms with E-state index in [0.29, 0.717) is 18.8 Å². The van der Waals surface area contributed by atoms with E-state index in [1.165, 1.54) is 5.56 Å². The van der Waals surface area contributed by atoms with Gasteiger partial charge in [-0.25, -0.2) is 4.68 Å². The summed E-state index contributed by atoms with van der Waals surface area (Å²) in [6.07, 6.45) is 0. The maximum absolute atomic E-state index is 13.0. The normalized spacial score (nSPS) is 14.9. The number of rotatable bonds is 4. The molecule has 2 heterocycles. The van der Waals surface area contributed by atoms with E-state index >= 15 is 0 Å². The van der Waals surface area contributed by atoms with Crippen molar-refractivity contribution in [1.29, 1.82) is 0 Å². The maximum atomic E-state index is 13.0. The minimum Gasteiger partial charge on any atom is -0.335 e. The zero-order valence-corrected chi connectivity index (χ0v) is 18.4. The van der Waals surface area contributed by atoms with Gasteiger partial charge in [0.15, 0.2) is 5.69 Å². The largest absolute Gasteiger partial charge is 0.335 e. The standard InChI is InChI=1S/C21H21BrClN5O/c1-15-20(24-25-28(15)19-7-3-5-17(22)13-19)21(29)27-10-8-26(9-11-27)14-16-4-2-6-18(23)12-16/h2-7,12-13H,8-11,14H2,1H3. The van der Waals surface area contributed by atoms with Gasteiger partial charge in [-0.15, -0.1) is 5.10 Å². The monoisotopic (exact) mass is 473 g/mol. The van der Waals surface area contributed by atoms with E-state index in [0.717, 1.165) is 40.5 Å². The van der Waals surface area contributed by atoms with Crippen molar-refractivity contribution >= 4 is 33.4 Å². The summed E-state index contributed by atoms with van der Waals surface area (Å²) in [6, 6.07) is 15.7. The molecule has 0 spiro atoms. The Morgan fingerprint density at radius 2 is 1.86 bits per heavy atom. The first kappa shape index (κ1) is 20.1. The highest BCUT2D eigenvalue weighted by molar-refractivity contribution is 9.10. The van der Waals surface area contributed by atoms with Crippen LogP contribution in [0.3, 0.4) is 0 Å². The first-order valence-corrected chi connectivity index (χ1v) is 10.6. The van der Waals surface area contributed by atoms with E-state index in [9.17, 15) is 4.79 Å². The van der Waals surface area contributed by atoms with Gasteiger partial charge in [0.2, 0.25) is 0 Å². The molecular weight excluding hydrogens is 454 g/mol. The zero-order valence-electron chi connectivity index (χ0n) is 16.1. The second-order valence-corrected chi connectivity index (χ2v) is 8.47. The predicted molar refractivity (Wildman–Crippen MR) is 116 cm³/mol. The van der Waals surface area contributed by atoms with Gasteiger partial charge in [0, 0.05) is 42.2 Å². The van der Waals surface area contributed by atoms with Gasteiger partial charge in [-0.3, -0.25) is 9.69 Å². The average molecular weight is 475 g/mol. The third-order valence-electron chi connectivity index (χ3n) is 5.10. The predicted octanol–water partition coefficient (Wildman–Crippen LogP) is 3.95. The molecule has 0 N–H and O–H groups in total. The van der Waals surface area contributed by atoms with Gasteiger partial charge in [-0.05, 0) is 42.8 Å². The minimum atomic E-state index is -0.0637. The van der Waals surface area contributed by atoms with Crippen LogP contribution in [0.25, 0.3) is 5.69 Å². The molecule has 29 heavy (non-hydrogen) atoms. The molecule has 0 unspecified atom stereocenters. The molecular formula is C21H21BrClN5O. The van der Waals surface area contributed by atoms with Crippen molar-refractivity contribution in [3.8, 4) is 5.69 Å². The van der Waals surface area contributed by atoms with Crippen molar-refractivity contribution in [2.45, 2.75) is 13.5 Å². The summed E-state index contributed by atoms with van der Waals surface area (Å²) in [4.78, 5) is 17.2. The van der Waals surface area contributed by atoms with Crippen molar-refractivity contribution < 1.29 is 4.79 Å². The number of benzene rings is 2. The number of amides is 1. The molecule has 1 aromatic heterocycles. The van der Waals surface area contributed by atoms with Crippen LogP contribution >= 0.6 is 27.5 Å². The Morgan fingerprint density at radius 1 is 1.10 bits per heavy atom.